The molecule has 1 unspecified atom stereocenters. The molecular formula is C24H26N4O3. The minimum Gasteiger partial charge on any atom is -0.497 e. The Morgan fingerprint density at radius 1 is 1.00 bits per heavy atom. The number of hydrogen-bond donors (Lipinski definition) is 1. The Balaban J connectivity index is 1.43. The van der Waals surface area contributed by atoms with Crippen LogP contribution < -0.4 is 19.7 Å². The van der Waals surface area contributed by atoms with Crippen LogP contribution in [0.25, 0.3) is 11.3 Å². The zero-order chi connectivity index (χ0) is 21.6. The van der Waals surface area contributed by atoms with Crippen LogP contribution in [0.3, 0.4) is 0 Å². The fourth-order valence-electron chi connectivity index (χ4n) is 3.78. The number of piperidine rings is 1. The highest BCUT2D eigenvalue weighted by Crippen LogP contribution is 2.28. The number of carbonyl (C=O) groups is 1. The summed E-state index contributed by atoms with van der Waals surface area (Å²) in [6.45, 7) is 1.46. The van der Waals surface area contributed by atoms with E-state index in [1.165, 1.54) is 0 Å². The Bertz CT molecular complexity index is 1000. The van der Waals surface area contributed by atoms with Crippen LogP contribution in [0.2, 0.25) is 0 Å². The second kappa shape index (κ2) is 9.47. The second-order valence-corrected chi connectivity index (χ2v) is 7.52. The quantitative estimate of drug-likeness (QED) is 0.652. The summed E-state index contributed by atoms with van der Waals surface area (Å²) in [7, 11) is 3.17. The van der Waals surface area contributed by atoms with Gasteiger partial charge in [0.25, 0.3) is 0 Å². The average Bonchev–Trinajstić information content (AvgIpc) is 2.84. The van der Waals surface area contributed by atoms with Gasteiger partial charge in [0.05, 0.1) is 25.8 Å². The third kappa shape index (κ3) is 4.94. The van der Waals surface area contributed by atoms with Crippen LogP contribution in [0, 0.1) is 5.92 Å². The van der Waals surface area contributed by atoms with Gasteiger partial charge in [-0.2, -0.15) is 0 Å². The fourth-order valence-corrected chi connectivity index (χ4v) is 3.78. The lowest BCUT2D eigenvalue weighted by Crippen LogP contribution is -2.41. The van der Waals surface area contributed by atoms with Crippen LogP contribution in [0.15, 0.2) is 60.7 Å². The lowest BCUT2D eigenvalue weighted by Gasteiger charge is -2.32. The van der Waals surface area contributed by atoms with Gasteiger partial charge in [0.2, 0.25) is 5.91 Å². The molecule has 31 heavy (non-hydrogen) atoms. The first-order valence-electron chi connectivity index (χ1n) is 10.3. The highest BCUT2D eigenvalue weighted by Gasteiger charge is 2.27. The largest absolute Gasteiger partial charge is 0.497 e. The van der Waals surface area contributed by atoms with Gasteiger partial charge in [0.15, 0.2) is 5.82 Å². The van der Waals surface area contributed by atoms with Gasteiger partial charge in [-0.05, 0) is 25.0 Å². The molecule has 1 atom stereocenters. The van der Waals surface area contributed by atoms with E-state index in [9.17, 15) is 4.79 Å². The van der Waals surface area contributed by atoms with Crippen LogP contribution in [0.4, 0.5) is 11.5 Å². The van der Waals surface area contributed by atoms with Gasteiger partial charge in [-0.15, -0.1) is 10.2 Å². The lowest BCUT2D eigenvalue weighted by atomic mass is 9.97. The summed E-state index contributed by atoms with van der Waals surface area (Å²) in [6, 6.07) is 19.3. The number of benzene rings is 2. The molecule has 0 aliphatic carbocycles. The van der Waals surface area contributed by atoms with Crippen molar-refractivity contribution in [3.05, 3.63) is 60.7 Å². The first-order valence-corrected chi connectivity index (χ1v) is 10.3. The minimum absolute atomic E-state index is 0.0196. The van der Waals surface area contributed by atoms with E-state index in [-0.39, 0.29) is 11.8 Å². The fraction of sp³-hybridized carbons (Fsp3) is 0.292. The molecule has 2 aromatic carbocycles. The topological polar surface area (TPSA) is 76.6 Å². The number of nitrogens with zero attached hydrogens (tertiary/aromatic N) is 3. The van der Waals surface area contributed by atoms with E-state index >= 15 is 0 Å². The Labute approximate surface area is 182 Å². The van der Waals surface area contributed by atoms with Crippen LogP contribution in [-0.4, -0.2) is 43.4 Å². The number of ether oxygens (including phenoxy) is 2. The maximum atomic E-state index is 12.9. The van der Waals surface area contributed by atoms with Crippen molar-refractivity contribution in [3.63, 3.8) is 0 Å². The number of amides is 1. The predicted octanol–water partition coefficient (Wildman–Crippen LogP) is 4.02. The molecule has 0 radical (unpaired) electrons. The Hall–Kier alpha value is -3.61. The summed E-state index contributed by atoms with van der Waals surface area (Å²) >= 11 is 0. The third-order valence-corrected chi connectivity index (χ3v) is 5.46. The van der Waals surface area contributed by atoms with Crippen molar-refractivity contribution in [2.45, 2.75) is 12.8 Å². The molecule has 1 aromatic heterocycles. The van der Waals surface area contributed by atoms with E-state index in [2.05, 4.69) is 20.4 Å². The van der Waals surface area contributed by atoms with Crippen molar-refractivity contribution in [2.24, 2.45) is 5.92 Å². The number of rotatable bonds is 6. The first-order chi connectivity index (χ1) is 15.2. The van der Waals surface area contributed by atoms with E-state index in [1.807, 2.05) is 42.5 Å². The third-order valence-electron chi connectivity index (χ3n) is 5.46. The summed E-state index contributed by atoms with van der Waals surface area (Å²) < 4.78 is 10.6. The number of methoxy groups -OCH3 is 2. The number of anilines is 2. The molecule has 0 spiro atoms. The van der Waals surface area contributed by atoms with E-state index in [0.29, 0.717) is 23.7 Å². The van der Waals surface area contributed by atoms with Gasteiger partial charge in [-0.3, -0.25) is 4.79 Å². The Morgan fingerprint density at radius 2 is 1.74 bits per heavy atom. The highest BCUT2D eigenvalue weighted by molar-refractivity contribution is 5.93. The van der Waals surface area contributed by atoms with Gasteiger partial charge in [0.1, 0.15) is 11.5 Å². The van der Waals surface area contributed by atoms with Gasteiger partial charge < -0.3 is 19.7 Å². The molecule has 1 saturated heterocycles. The van der Waals surface area contributed by atoms with Crippen molar-refractivity contribution < 1.29 is 14.3 Å². The molecular weight excluding hydrogens is 392 g/mol. The van der Waals surface area contributed by atoms with Crippen LogP contribution in [-0.2, 0) is 4.79 Å². The molecule has 1 aliphatic heterocycles. The Morgan fingerprint density at radius 3 is 2.39 bits per heavy atom. The molecule has 160 valence electrons. The van der Waals surface area contributed by atoms with Crippen LogP contribution >= 0.6 is 0 Å². The monoisotopic (exact) mass is 418 g/mol. The predicted molar refractivity (Wildman–Crippen MR) is 121 cm³/mol. The summed E-state index contributed by atoms with van der Waals surface area (Å²) in [5, 5.41) is 11.8. The number of nitrogens with one attached hydrogen (secondary N) is 1. The summed E-state index contributed by atoms with van der Waals surface area (Å²) in [6.07, 6.45) is 1.75. The van der Waals surface area contributed by atoms with E-state index in [4.69, 9.17) is 9.47 Å². The van der Waals surface area contributed by atoms with Crippen LogP contribution in [0.5, 0.6) is 11.5 Å². The molecule has 7 heteroatoms. The van der Waals surface area contributed by atoms with Gasteiger partial charge >= 0.3 is 0 Å². The number of aromatic nitrogens is 2. The average molecular weight is 418 g/mol. The SMILES string of the molecule is COc1cc(NC(=O)C2CCCN(c3ccc(-c4ccccc4)nn3)C2)cc(OC)c1. The summed E-state index contributed by atoms with van der Waals surface area (Å²) in [5.74, 6) is 1.90. The Kier molecular flexibility index (Phi) is 6.31. The molecule has 1 N–H and O–H groups in total. The molecule has 1 aliphatic rings. The smallest absolute Gasteiger partial charge is 0.229 e. The van der Waals surface area contributed by atoms with Crippen molar-refractivity contribution in [1.82, 2.24) is 10.2 Å². The van der Waals surface area contributed by atoms with Crippen molar-refractivity contribution >= 4 is 17.4 Å². The standard InChI is InChI=1S/C24H26N4O3/c1-30-20-13-19(14-21(15-20)31-2)25-24(29)18-9-6-12-28(16-18)23-11-10-22(26-27-23)17-7-4-3-5-8-17/h3-5,7-8,10-11,13-15,18H,6,9,12,16H2,1-2H3,(H,25,29). The summed E-state index contributed by atoms with van der Waals surface area (Å²) in [5.41, 5.74) is 2.53. The molecule has 1 fully saturated rings. The summed E-state index contributed by atoms with van der Waals surface area (Å²) in [4.78, 5) is 15.1. The van der Waals surface area contributed by atoms with Crippen LogP contribution in [0.1, 0.15) is 12.8 Å². The van der Waals surface area contributed by atoms with E-state index in [1.54, 1.807) is 32.4 Å². The van der Waals surface area contributed by atoms with E-state index in [0.717, 1.165) is 36.5 Å². The molecule has 3 aromatic rings. The normalized spacial score (nSPS) is 15.9. The maximum Gasteiger partial charge on any atom is 0.229 e. The minimum atomic E-state index is -0.137. The van der Waals surface area contributed by atoms with E-state index < -0.39 is 0 Å². The number of carbonyl (C=O) groups excluding carboxylic acids is 1. The molecule has 1 amide bonds. The zero-order valence-corrected chi connectivity index (χ0v) is 17.7. The van der Waals surface area contributed by atoms with Crippen molar-refractivity contribution in [3.8, 4) is 22.8 Å². The molecule has 4 rings (SSSR count). The lowest BCUT2D eigenvalue weighted by molar-refractivity contribution is -0.120. The first kappa shape index (κ1) is 20.7. The van der Waals surface area contributed by atoms with Crippen molar-refractivity contribution in [2.75, 3.05) is 37.5 Å². The molecule has 7 nitrogen and oxygen atoms in total. The van der Waals surface area contributed by atoms with Crippen molar-refractivity contribution in [1.29, 1.82) is 0 Å². The van der Waals surface area contributed by atoms with Gasteiger partial charge in [-0.1, -0.05) is 30.3 Å². The maximum absolute atomic E-state index is 12.9. The van der Waals surface area contributed by atoms with Gasteiger partial charge in [-0.25, -0.2) is 0 Å². The zero-order valence-electron chi connectivity index (χ0n) is 17.7. The highest BCUT2D eigenvalue weighted by atomic mass is 16.5. The molecule has 0 bridgehead atoms. The van der Waals surface area contributed by atoms with Gasteiger partial charge in [0, 0.05) is 42.5 Å². The molecule has 2 heterocycles. The molecule has 0 saturated carbocycles. The number of hydrogen-bond acceptors (Lipinski definition) is 6. The second-order valence-electron chi connectivity index (χ2n) is 7.52.